The summed E-state index contributed by atoms with van der Waals surface area (Å²) in [5.41, 5.74) is 0.639. The lowest BCUT2D eigenvalue weighted by Gasteiger charge is -2.38. The molecule has 0 bridgehead atoms. The van der Waals surface area contributed by atoms with Gasteiger partial charge in [-0.25, -0.2) is 0 Å². The van der Waals surface area contributed by atoms with E-state index in [-0.39, 0.29) is 30.5 Å². The van der Waals surface area contributed by atoms with Gasteiger partial charge in [-0.05, 0) is 71.2 Å². The number of ether oxygens (including phenoxy) is 1. The van der Waals surface area contributed by atoms with Gasteiger partial charge in [-0.2, -0.15) is 0 Å². The van der Waals surface area contributed by atoms with Crippen LogP contribution >= 0.6 is 0 Å². The van der Waals surface area contributed by atoms with E-state index in [4.69, 9.17) is 4.74 Å². The van der Waals surface area contributed by atoms with Crippen LogP contribution in [0, 0.1) is 0 Å². The lowest BCUT2D eigenvalue weighted by molar-refractivity contribution is -0.139. The SMILES string of the molecule is CCN(CC)C(=O)c1ccc(OCC(=O)N2C(C)CCCC2C)cc1. The Morgan fingerprint density at radius 2 is 1.64 bits per heavy atom. The summed E-state index contributed by atoms with van der Waals surface area (Å²) in [5, 5.41) is 0. The quantitative estimate of drug-likeness (QED) is 0.794. The van der Waals surface area contributed by atoms with Crippen molar-refractivity contribution in [3.63, 3.8) is 0 Å². The maximum atomic E-state index is 12.5. The summed E-state index contributed by atoms with van der Waals surface area (Å²) in [7, 11) is 0. The lowest BCUT2D eigenvalue weighted by Crippen LogP contribution is -2.49. The Kier molecular flexibility index (Phi) is 6.85. The average Bonchev–Trinajstić information content (AvgIpc) is 2.61. The van der Waals surface area contributed by atoms with Crippen molar-refractivity contribution in [2.45, 2.75) is 59.0 Å². The fourth-order valence-corrected chi connectivity index (χ4v) is 3.52. The number of benzene rings is 1. The number of nitrogens with zero attached hydrogens (tertiary/aromatic N) is 2. The van der Waals surface area contributed by atoms with Crippen LogP contribution in [0.5, 0.6) is 5.75 Å². The van der Waals surface area contributed by atoms with Crippen molar-refractivity contribution in [2.24, 2.45) is 0 Å². The molecule has 25 heavy (non-hydrogen) atoms. The van der Waals surface area contributed by atoms with E-state index in [9.17, 15) is 9.59 Å². The fourth-order valence-electron chi connectivity index (χ4n) is 3.52. The molecule has 2 unspecified atom stereocenters. The standard InChI is InChI=1S/C20H30N2O3/c1-5-21(6-2)20(24)17-10-12-18(13-11-17)25-14-19(23)22-15(3)8-7-9-16(22)4/h10-13,15-16H,5-9,14H2,1-4H3. The number of rotatable bonds is 6. The summed E-state index contributed by atoms with van der Waals surface area (Å²) in [5.74, 6) is 0.661. The Morgan fingerprint density at radius 1 is 1.08 bits per heavy atom. The van der Waals surface area contributed by atoms with Crippen LogP contribution in [-0.4, -0.2) is 53.4 Å². The van der Waals surface area contributed by atoms with Gasteiger partial charge in [0.25, 0.3) is 11.8 Å². The zero-order valence-electron chi connectivity index (χ0n) is 15.8. The number of carbonyl (C=O) groups excluding carboxylic acids is 2. The number of amides is 2. The molecule has 0 N–H and O–H groups in total. The molecule has 2 atom stereocenters. The van der Waals surface area contributed by atoms with Crippen LogP contribution in [0.15, 0.2) is 24.3 Å². The van der Waals surface area contributed by atoms with Crippen molar-refractivity contribution in [3.8, 4) is 5.75 Å². The third kappa shape index (κ3) is 4.74. The highest BCUT2D eigenvalue weighted by molar-refractivity contribution is 5.94. The smallest absolute Gasteiger partial charge is 0.260 e. The van der Waals surface area contributed by atoms with Gasteiger partial charge in [0, 0.05) is 30.7 Å². The van der Waals surface area contributed by atoms with E-state index in [1.165, 1.54) is 6.42 Å². The molecular weight excluding hydrogens is 316 g/mol. The topological polar surface area (TPSA) is 49.9 Å². The summed E-state index contributed by atoms with van der Waals surface area (Å²) in [4.78, 5) is 28.5. The van der Waals surface area contributed by atoms with Gasteiger partial charge >= 0.3 is 0 Å². The van der Waals surface area contributed by atoms with Crippen molar-refractivity contribution in [3.05, 3.63) is 29.8 Å². The Morgan fingerprint density at radius 3 is 2.16 bits per heavy atom. The molecule has 138 valence electrons. The van der Waals surface area contributed by atoms with E-state index in [0.29, 0.717) is 24.4 Å². The van der Waals surface area contributed by atoms with Crippen LogP contribution in [0.1, 0.15) is 57.3 Å². The minimum Gasteiger partial charge on any atom is -0.484 e. The van der Waals surface area contributed by atoms with Gasteiger partial charge in [-0.1, -0.05) is 0 Å². The lowest BCUT2D eigenvalue weighted by atomic mass is 9.97. The fraction of sp³-hybridized carbons (Fsp3) is 0.600. The van der Waals surface area contributed by atoms with Gasteiger partial charge < -0.3 is 14.5 Å². The van der Waals surface area contributed by atoms with Gasteiger partial charge in [0.1, 0.15) is 5.75 Å². The Balaban J connectivity index is 1.93. The van der Waals surface area contributed by atoms with E-state index in [2.05, 4.69) is 13.8 Å². The van der Waals surface area contributed by atoms with Crippen LogP contribution in [0.25, 0.3) is 0 Å². The van der Waals surface area contributed by atoms with Gasteiger partial charge in [-0.15, -0.1) is 0 Å². The van der Waals surface area contributed by atoms with E-state index in [1.807, 2.05) is 18.7 Å². The van der Waals surface area contributed by atoms with Gasteiger partial charge in [0.15, 0.2) is 6.61 Å². The van der Waals surface area contributed by atoms with Gasteiger partial charge in [-0.3, -0.25) is 9.59 Å². The molecule has 5 nitrogen and oxygen atoms in total. The highest BCUT2D eigenvalue weighted by Gasteiger charge is 2.28. The molecule has 0 spiro atoms. The van der Waals surface area contributed by atoms with Gasteiger partial charge in [0.2, 0.25) is 0 Å². The summed E-state index contributed by atoms with van der Waals surface area (Å²) < 4.78 is 5.65. The number of hydrogen-bond donors (Lipinski definition) is 0. The molecule has 2 rings (SSSR count). The first-order valence-electron chi connectivity index (χ1n) is 9.31. The van der Waals surface area contributed by atoms with E-state index in [0.717, 1.165) is 12.8 Å². The molecule has 1 heterocycles. The highest BCUT2D eigenvalue weighted by atomic mass is 16.5. The van der Waals surface area contributed by atoms with Crippen LogP contribution in [-0.2, 0) is 4.79 Å². The van der Waals surface area contributed by atoms with Crippen LogP contribution < -0.4 is 4.74 Å². The molecule has 2 amide bonds. The summed E-state index contributed by atoms with van der Waals surface area (Å²) in [6.45, 7) is 9.54. The van der Waals surface area contributed by atoms with Crippen molar-refractivity contribution in [1.82, 2.24) is 9.80 Å². The first-order valence-corrected chi connectivity index (χ1v) is 9.31. The predicted octanol–water partition coefficient (Wildman–Crippen LogP) is 3.34. The molecular formula is C20H30N2O3. The van der Waals surface area contributed by atoms with Crippen molar-refractivity contribution in [1.29, 1.82) is 0 Å². The monoisotopic (exact) mass is 346 g/mol. The van der Waals surface area contributed by atoms with E-state index in [1.54, 1.807) is 29.2 Å². The van der Waals surface area contributed by atoms with E-state index < -0.39 is 0 Å². The van der Waals surface area contributed by atoms with Crippen LogP contribution in [0.4, 0.5) is 0 Å². The first-order chi connectivity index (χ1) is 12.0. The summed E-state index contributed by atoms with van der Waals surface area (Å²) in [6.07, 6.45) is 3.28. The average molecular weight is 346 g/mol. The molecule has 1 aliphatic heterocycles. The highest BCUT2D eigenvalue weighted by Crippen LogP contribution is 2.23. The number of carbonyl (C=O) groups is 2. The molecule has 0 aromatic heterocycles. The third-order valence-corrected chi connectivity index (χ3v) is 5.00. The molecule has 0 saturated carbocycles. The molecule has 1 saturated heterocycles. The summed E-state index contributed by atoms with van der Waals surface area (Å²) in [6, 6.07) is 7.57. The van der Waals surface area contributed by atoms with Crippen molar-refractivity contribution >= 4 is 11.8 Å². The second kappa shape index (κ2) is 8.88. The minimum absolute atomic E-state index is 0.0172. The first kappa shape index (κ1) is 19.3. The van der Waals surface area contributed by atoms with Gasteiger partial charge in [0.05, 0.1) is 0 Å². The molecule has 1 fully saturated rings. The Hall–Kier alpha value is -2.04. The van der Waals surface area contributed by atoms with Crippen molar-refractivity contribution in [2.75, 3.05) is 19.7 Å². The molecule has 0 radical (unpaired) electrons. The maximum Gasteiger partial charge on any atom is 0.260 e. The number of hydrogen-bond acceptors (Lipinski definition) is 3. The van der Waals surface area contributed by atoms with E-state index >= 15 is 0 Å². The predicted molar refractivity (Wildman–Crippen MR) is 98.8 cm³/mol. The molecule has 0 aliphatic carbocycles. The zero-order chi connectivity index (χ0) is 18.4. The third-order valence-electron chi connectivity index (χ3n) is 5.00. The summed E-state index contributed by atoms with van der Waals surface area (Å²) >= 11 is 0. The number of likely N-dealkylation sites (tertiary alicyclic amines) is 1. The second-order valence-electron chi connectivity index (χ2n) is 6.72. The number of piperidine rings is 1. The molecule has 1 aliphatic rings. The zero-order valence-corrected chi connectivity index (χ0v) is 15.8. The van der Waals surface area contributed by atoms with Crippen LogP contribution in [0.3, 0.4) is 0 Å². The molecule has 1 aromatic carbocycles. The molecule has 5 heteroatoms. The maximum absolute atomic E-state index is 12.5. The Bertz CT molecular complexity index is 571. The normalized spacial score (nSPS) is 20.2. The minimum atomic E-state index is 0.0172. The molecule has 1 aromatic rings. The Labute approximate surface area is 150 Å². The van der Waals surface area contributed by atoms with Crippen molar-refractivity contribution < 1.29 is 14.3 Å². The largest absolute Gasteiger partial charge is 0.484 e. The second-order valence-corrected chi connectivity index (χ2v) is 6.72. The van der Waals surface area contributed by atoms with Crippen LogP contribution in [0.2, 0.25) is 0 Å².